The first-order valence-corrected chi connectivity index (χ1v) is 8.87. The molecule has 0 aromatic carbocycles. The molecule has 2 atom stereocenters. The Hall–Kier alpha value is -1.43. The second-order valence-corrected chi connectivity index (χ2v) is 7.11. The summed E-state index contributed by atoms with van der Waals surface area (Å²) in [5.41, 5.74) is 0. The van der Waals surface area contributed by atoms with Crippen molar-refractivity contribution in [3.05, 3.63) is 12.2 Å². The Balaban J connectivity index is 1.60. The maximum absolute atomic E-state index is 12.7. The Labute approximate surface area is 138 Å². The molecular weight excluding hydrogens is 292 g/mol. The molecule has 23 heavy (non-hydrogen) atoms. The van der Waals surface area contributed by atoms with Crippen LogP contribution in [0.2, 0.25) is 0 Å². The van der Waals surface area contributed by atoms with Crippen LogP contribution in [0.4, 0.5) is 0 Å². The van der Waals surface area contributed by atoms with E-state index in [9.17, 15) is 4.79 Å². The van der Waals surface area contributed by atoms with Crippen molar-refractivity contribution in [2.45, 2.75) is 64.5 Å². The third kappa shape index (κ3) is 3.42. The quantitative estimate of drug-likeness (QED) is 0.858. The lowest BCUT2D eigenvalue weighted by atomic mass is 9.91. The number of amides is 1. The zero-order valence-corrected chi connectivity index (χ0v) is 14.4. The van der Waals surface area contributed by atoms with Crippen LogP contribution in [-0.2, 0) is 9.53 Å². The van der Waals surface area contributed by atoms with Crippen LogP contribution < -0.4 is 0 Å². The van der Waals surface area contributed by atoms with Gasteiger partial charge in [-0.15, -0.1) is 10.2 Å². The third-order valence-electron chi connectivity index (χ3n) is 5.25. The highest BCUT2D eigenvalue weighted by Gasteiger charge is 2.34. The zero-order valence-electron chi connectivity index (χ0n) is 14.4. The lowest BCUT2D eigenvalue weighted by Crippen LogP contribution is -2.46. The molecule has 128 valence electrons. The fourth-order valence-electron chi connectivity index (χ4n) is 3.78. The van der Waals surface area contributed by atoms with Crippen LogP contribution in [0.1, 0.15) is 64.2 Å². The summed E-state index contributed by atoms with van der Waals surface area (Å²) in [6.07, 6.45) is 5.77. The van der Waals surface area contributed by atoms with Crippen LogP contribution in [0.5, 0.6) is 0 Å². The number of carbonyl (C=O) groups is 1. The second-order valence-electron chi connectivity index (χ2n) is 7.11. The van der Waals surface area contributed by atoms with Gasteiger partial charge in [0.05, 0.1) is 12.0 Å². The maximum Gasteiger partial charge on any atom is 0.228 e. The van der Waals surface area contributed by atoms with E-state index in [0.29, 0.717) is 12.0 Å². The summed E-state index contributed by atoms with van der Waals surface area (Å²) in [6, 6.07) is 0.375. The Kier molecular flexibility index (Phi) is 4.99. The van der Waals surface area contributed by atoms with Gasteiger partial charge in [0.15, 0.2) is 0 Å². The molecule has 6 nitrogen and oxygen atoms in total. The van der Waals surface area contributed by atoms with E-state index >= 15 is 0 Å². The summed E-state index contributed by atoms with van der Waals surface area (Å²) in [6.45, 7) is 8.75. The third-order valence-corrected chi connectivity index (χ3v) is 5.25. The molecule has 1 amide bonds. The number of nitrogens with zero attached hydrogens (tertiary/aromatic N) is 4. The van der Waals surface area contributed by atoms with Gasteiger partial charge in [-0.3, -0.25) is 4.79 Å². The SMILES string of the molecule is CC(C)n1cnnc1C1CCN(C(=O)[C@@H]2CCCO[C@@H]2C)CC1. The number of carbonyl (C=O) groups excluding carboxylic acids is 1. The van der Waals surface area contributed by atoms with Crippen LogP contribution in [-0.4, -0.2) is 51.4 Å². The predicted molar refractivity (Wildman–Crippen MR) is 87.1 cm³/mol. The Morgan fingerprint density at radius 3 is 2.70 bits per heavy atom. The summed E-state index contributed by atoms with van der Waals surface area (Å²) in [4.78, 5) is 14.8. The zero-order chi connectivity index (χ0) is 16.4. The molecule has 0 unspecified atom stereocenters. The van der Waals surface area contributed by atoms with Crippen LogP contribution >= 0.6 is 0 Å². The van der Waals surface area contributed by atoms with Crippen molar-refractivity contribution in [2.75, 3.05) is 19.7 Å². The molecule has 2 aliphatic heterocycles. The van der Waals surface area contributed by atoms with Gasteiger partial charge in [0, 0.05) is 31.7 Å². The molecule has 3 heterocycles. The molecule has 6 heteroatoms. The first-order chi connectivity index (χ1) is 11.1. The van der Waals surface area contributed by atoms with Crippen molar-refractivity contribution < 1.29 is 9.53 Å². The van der Waals surface area contributed by atoms with E-state index in [1.54, 1.807) is 0 Å². The number of hydrogen-bond donors (Lipinski definition) is 0. The van der Waals surface area contributed by atoms with Crippen LogP contribution in [0.15, 0.2) is 6.33 Å². The minimum absolute atomic E-state index is 0.0413. The number of hydrogen-bond acceptors (Lipinski definition) is 4. The highest BCUT2D eigenvalue weighted by molar-refractivity contribution is 5.79. The summed E-state index contributed by atoms with van der Waals surface area (Å²) < 4.78 is 7.81. The Bertz CT molecular complexity index is 534. The Morgan fingerprint density at radius 2 is 2.04 bits per heavy atom. The van der Waals surface area contributed by atoms with Gasteiger partial charge in [-0.2, -0.15) is 0 Å². The number of likely N-dealkylation sites (tertiary alicyclic amines) is 1. The molecule has 0 N–H and O–H groups in total. The van der Waals surface area contributed by atoms with Gasteiger partial charge in [0.2, 0.25) is 5.91 Å². The molecule has 0 aliphatic carbocycles. The van der Waals surface area contributed by atoms with Gasteiger partial charge in [-0.25, -0.2) is 0 Å². The fourth-order valence-corrected chi connectivity index (χ4v) is 3.78. The van der Waals surface area contributed by atoms with E-state index in [1.807, 2.05) is 18.2 Å². The fraction of sp³-hybridized carbons (Fsp3) is 0.824. The van der Waals surface area contributed by atoms with Gasteiger partial charge in [0.1, 0.15) is 12.2 Å². The predicted octanol–water partition coefficient (Wildman–Crippen LogP) is 2.38. The molecular formula is C17H28N4O2. The smallest absolute Gasteiger partial charge is 0.228 e. The molecule has 0 saturated carbocycles. The second kappa shape index (κ2) is 6.99. The number of ether oxygens (including phenoxy) is 1. The van der Waals surface area contributed by atoms with E-state index in [-0.39, 0.29) is 17.9 Å². The summed E-state index contributed by atoms with van der Waals surface area (Å²) in [5.74, 6) is 1.80. The van der Waals surface area contributed by atoms with Gasteiger partial charge in [-0.05, 0) is 46.5 Å². The van der Waals surface area contributed by atoms with E-state index in [1.165, 1.54) is 0 Å². The molecule has 2 aliphatic rings. The molecule has 1 aromatic rings. The number of piperidine rings is 1. The molecule has 0 spiro atoms. The highest BCUT2D eigenvalue weighted by Crippen LogP contribution is 2.30. The lowest BCUT2D eigenvalue weighted by molar-refractivity contribution is -0.145. The van der Waals surface area contributed by atoms with E-state index < -0.39 is 0 Å². The van der Waals surface area contributed by atoms with E-state index in [4.69, 9.17) is 4.74 Å². The van der Waals surface area contributed by atoms with Crippen molar-refractivity contribution in [3.8, 4) is 0 Å². The minimum atomic E-state index is 0.0413. The normalized spacial score (nSPS) is 26.7. The average Bonchev–Trinajstić information content (AvgIpc) is 3.05. The topological polar surface area (TPSA) is 60.2 Å². The largest absolute Gasteiger partial charge is 0.378 e. The summed E-state index contributed by atoms with van der Waals surface area (Å²) in [7, 11) is 0. The van der Waals surface area contributed by atoms with Gasteiger partial charge in [-0.1, -0.05) is 0 Å². The van der Waals surface area contributed by atoms with Gasteiger partial charge in [0.25, 0.3) is 0 Å². The summed E-state index contributed by atoms with van der Waals surface area (Å²) >= 11 is 0. The van der Waals surface area contributed by atoms with Crippen LogP contribution in [0.25, 0.3) is 0 Å². The molecule has 0 bridgehead atoms. The molecule has 2 fully saturated rings. The molecule has 3 rings (SSSR count). The number of aromatic nitrogens is 3. The number of rotatable bonds is 3. The first kappa shape index (κ1) is 16.4. The van der Waals surface area contributed by atoms with E-state index in [0.717, 1.165) is 51.2 Å². The van der Waals surface area contributed by atoms with Gasteiger partial charge < -0.3 is 14.2 Å². The molecule has 0 radical (unpaired) electrons. The van der Waals surface area contributed by atoms with Crippen molar-refractivity contribution >= 4 is 5.91 Å². The minimum Gasteiger partial charge on any atom is -0.378 e. The van der Waals surface area contributed by atoms with Crippen molar-refractivity contribution in [3.63, 3.8) is 0 Å². The maximum atomic E-state index is 12.7. The summed E-state index contributed by atoms with van der Waals surface area (Å²) in [5, 5.41) is 8.39. The molecule has 1 aromatic heterocycles. The highest BCUT2D eigenvalue weighted by atomic mass is 16.5. The lowest BCUT2D eigenvalue weighted by Gasteiger charge is -2.37. The Morgan fingerprint density at radius 1 is 1.30 bits per heavy atom. The first-order valence-electron chi connectivity index (χ1n) is 8.87. The van der Waals surface area contributed by atoms with Crippen LogP contribution in [0, 0.1) is 5.92 Å². The van der Waals surface area contributed by atoms with E-state index in [2.05, 4.69) is 28.6 Å². The van der Waals surface area contributed by atoms with Crippen molar-refractivity contribution in [2.24, 2.45) is 5.92 Å². The van der Waals surface area contributed by atoms with Crippen LogP contribution in [0.3, 0.4) is 0 Å². The standard InChI is InChI=1S/C17H28N4O2/c1-12(2)21-11-18-19-16(21)14-6-8-20(9-7-14)17(22)15-5-4-10-23-13(15)3/h11-15H,4-10H2,1-3H3/t13-,15-/m1/s1. The monoisotopic (exact) mass is 320 g/mol. The van der Waals surface area contributed by atoms with Crippen molar-refractivity contribution in [1.29, 1.82) is 0 Å². The average molecular weight is 320 g/mol. The molecule has 2 saturated heterocycles. The van der Waals surface area contributed by atoms with Gasteiger partial charge >= 0.3 is 0 Å². The van der Waals surface area contributed by atoms with Crippen molar-refractivity contribution in [1.82, 2.24) is 19.7 Å².